The fourth-order valence-corrected chi connectivity index (χ4v) is 0.564. The van der Waals surface area contributed by atoms with Crippen molar-refractivity contribution in [3.63, 3.8) is 0 Å². The van der Waals surface area contributed by atoms with E-state index in [-0.39, 0.29) is 0 Å². The molecule has 0 aliphatic carbocycles. The van der Waals surface area contributed by atoms with Gasteiger partial charge in [-0.3, -0.25) is 0 Å². The van der Waals surface area contributed by atoms with Crippen molar-refractivity contribution in [2.45, 2.75) is 13.8 Å². The standard InChI is InChI=1S/C5H10N2S/c1-3-6-5(8)7-4-2/h3H,4H2,1-2H3,(H,7,8). The highest BCUT2D eigenvalue weighted by molar-refractivity contribution is 7.80. The number of nitrogens with one attached hydrogen (secondary N) is 1. The van der Waals surface area contributed by atoms with Gasteiger partial charge in [0.2, 0.25) is 0 Å². The first-order chi connectivity index (χ1) is 3.81. The fourth-order valence-electron chi connectivity index (χ4n) is 0.314. The van der Waals surface area contributed by atoms with Crippen molar-refractivity contribution in [3.05, 3.63) is 0 Å². The topological polar surface area (TPSA) is 24.4 Å². The molecule has 0 atom stereocenters. The monoisotopic (exact) mass is 130 g/mol. The second kappa shape index (κ2) is 4.71. The molecule has 1 N–H and O–H groups in total. The van der Waals surface area contributed by atoms with Gasteiger partial charge in [-0.1, -0.05) is 0 Å². The van der Waals surface area contributed by atoms with Crippen molar-refractivity contribution in [1.82, 2.24) is 5.32 Å². The van der Waals surface area contributed by atoms with E-state index in [0.717, 1.165) is 6.54 Å². The first-order valence-corrected chi connectivity index (χ1v) is 2.98. The molecule has 0 fully saturated rings. The van der Waals surface area contributed by atoms with Crippen LogP contribution in [0.1, 0.15) is 13.8 Å². The van der Waals surface area contributed by atoms with Crippen molar-refractivity contribution >= 4 is 23.5 Å². The molecule has 0 aliphatic heterocycles. The zero-order chi connectivity index (χ0) is 6.41. The van der Waals surface area contributed by atoms with Crippen LogP contribution < -0.4 is 5.32 Å². The molecule has 0 aromatic rings. The average molecular weight is 130 g/mol. The normalized spacial score (nSPS) is 9.75. The predicted molar refractivity (Wildman–Crippen MR) is 40.4 cm³/mol. The summed E-state index contributed by atoms with van der Waals surface area (Å²) in [5.41, 5.74) is 0. The van der Waals surface area contributed by atoms with E-state index >= 15 is 0 Å². The van der Waals surface area contributed by atoms with E-state index in [9.17, 15) is 0 Å². The van der Waals surface area contributed by atoms with Gasteiger partial charge in [-0.25, -0.2) is 4.99 Å². The van der Waals surface area contributed by atoms with Gasteiger partial charge in [-0.05, 0) is 26.1 Å². The van der Waals surface area contributed by atoms with Gasteiger partial charge in [0, 0.05) is 12.8 Å². The zero-order valence-electron chi connectivity index (χ0n) is 5.14. The molecule has 0 rings (SSSR count). The van der Waals surface area contributed by atoms with Crippen LogP contribution in [0.5, 0.6) is 0 Å². The molecule has 46 valence electrons. The van der Waals surface area contributed by atoms with Crippen LogP contribution in [0, 0.1) is 0 Å². The molecule has 0 heterocycles. The molecular weight excluding hydrogens is 120 g/mol. The van der Waals surface area contributed by atoms with Crippen LogP contribution in [-0.2, 0) is 0 Å². The van der Waals surface area contributed by atoms with Crippen LogP contribution in [0.15, 0.2) is 4.99 Å². The SMILES string of the molecule is CC=NC(=S)NCC. The molecule has 0 radical (unpaired) electrons. The molecule has 0 aromatic heterocycles. The lowest BCUT2D eigenvalue weighted by molar-refractivity contribution is 0.973. The Kier molecular flexibility index (Phi) is 4.45. The molecule has 0 bridgehead atoms. The Morgan fingerprint density at radius 2 is 2.50 bits per heavy atom. The molecule has 0 amide bonds. The van der Waals surface area contributed by atoms with Crippen LogP contribution >= 0.6 is 12.2 Å². The summed E-state index contributed by atoms with van der Waals surface area (Å²) < 4.78 is 0. The van der Waals surface area contributed by atoms with Crippen molar-refractivity contribution in [3.8, 4) is 0 Å². The summed E-state index contributed by atoms with van der Waals surface area (Å²) in [6, 6.07) is 0. The number of thiocarbonyl (C=S) groups is 1. The maximum absolute atomic E-state index is 4.74. The smallest absolute Gasteiger partial charge is 0.192 e. The van der Waals surface area contributed by atoms with Crippen LogP contribution in [0.4, 0.5) is 0 Å². The van der Waals surface area contributed by atoms with Gasteiger partial charge >= 0.3 is 0 Å². The molecule has 0 spiro atoms. The molecule has 0 unspecified atom stereocenters. The Morgan fingerprint density at radius 1 is 1.88 bits per heavy atom. The van der Waals surface area contributed by atoms with E-state index in [4.69, 9.17) is 12.2 Å². The summed E-state index contributed by atoms with van der Waals surface area (Å²) in [6.07, 6.45) is 1.67. The van der Waals surface area contributed by atoms with Gasteiger partial charge in [0.25, 0.3) is 0 Å². The highest BCUT2D eigenvalue weighted by atomic mass is 32.1. The van der Waals surface area contributed by atoms with Gasteiger partial charge in [0.1, 0.15) is 0 Å². The van der Waals surface area contributed by atoms with Gasteiger partial charge in [-0.2, -0.15) is 0 Å². The van der Waals surface area contributed by atoms with Crippen molar-refractivity contribution < 1.29 is 0 Å². The number of hydrogen-bond donors (Lipinski definition) is 1. The molecule has 0 saturated heterocycles. The number of aliphatic imine (C=N–C) groups is 1. The third kappa shape index (κ3) is 3.74. The van der Waals surface area contributed by atoms with E-state index in [1.54, 1.807) is 6.21 Å². The molecule has 8 heavy (non-hydrogen) atoms. The number of rotatable bonds is 1. The Morgan fingerprint density at radius 3 is 2.88 bits per heavy atom. The predicted octanol–water partition coefficient (Wildman–Crippen LogP) is 0.972. The maximum Gasteiger partial charge on any atom is 0.192 e. The lowest BCUT2D eigenvalue weighted by atomic mass is 10.7. The van der Waals surface area contributed by atoms with Crippen LogP contribution in [0.25, 0.3) is 0 Å². The van der Waals surface area contributed by atoms with Crippen LogP contribution in [0.2, 0.25) is 0 Å². The second-order valence-corrected chi connectivity index (χ2v) is 1.61. The summed E-state index contributed by atoms with van der Waals surface area (Å²) in [5, 5.41) is 3.44. The summed E-state index contributed by atoms with van der Waals surface area (Å²) >= 11 is 4.74. The molecule has 2 nitrogen and oxygen atoms in total. The van der Waals surface area contributed by atoms with Crippen LogP contribution in [-0.4, -0.2) is 17.9 Å². The minimum Gasteiger partial charge on any atom is -0.361 e. The van der Waals surface area contributed by atoms with E-state index in [2.05, 4.69) is 10.3 Å². The zero-order valence-corrected chi connectivity index (χ0v) is 5.96. The van der Waals surface area contributed by atoms with Gasteiger partial charge < -0.3 is 5.32 Å². The first kappa shape index (κ1) is 7.56. The highest BCUT2D eigenvalue weighted by Gasteiger charge is 1.81. The van der Waals surface area contributed by atoms with Crippen molar-refractivity contribution in [1.29, 1.82) is 0 Å². The Balaban J connectivity index is 3.33. The quantitative estimate of drug-likeness (QED) is 0.422. The number of hydrogen-bond acceptors (Lipinski definition) is 1. The second-order valence-electron chi connectivity index (χ2n) is 1.22. The first-order valence-electron chi connectivity index (χ1n) is 2.57. The lowest BCUT2D eigenvalue weighted by Crippen LogP contribution is -2.17. The third-order valence-corrected chi connectivity index (χ3v) is 0.824. The van der Waals surface area contributed by atoms with Crippen molar-refractivity contribution in [2.75, 3.05) is 6.54 Å². The van der Waals surface area contributed by atoms with E-state index in [1.807, 2.05) is 13.8 Å². The lowest BCUT2D eigenvalue weighted by Gasteiger charge is -1.94. The summed E-state index contributed by atoms with van der Waals surface area (Å²) in [6.45, 7) is 4.66. The third-order valence-electron chi connectivity index (χ3n) is 0.574. The Bertz CT molecular complexity index is 98.6. The average Bonchev–Trinajstić information content (AvgIpc) is 1.68. The largest absolute Gasteiger partial charge is 0.361 e. The molecule has 0 aliphatic rings. The number of nitrogens with zero attached hydrogens (tertiary/aromatic N) is 1. The Hall–Kier alpha value is -0.440. The van der Waals surface area contributed by atoms with Crippen LogP contribution in [0.3, 0.4) is 0 Å². The molecule has 0 aromatic carbocycles. The molecular formula is C5H10N2S. The van der Waals surface area contributed by atoms with Gasteiger partial charge in [0.15, 0.2) is 5.11 Å². The maximum atomic E-state index is 4.74. The van der Waals surface area contributed by atoms with E-state index in [1.165, 1.54) is 0 Å². The minimum absolute atomic E-state index is 0.565. The summed E-state index contributed by atoms with van der Waals surface area (Å²) in [5.74, 6) is 0. The highest BCUT2D eigenvalue weighted by Crippen LogP contribution is 1.70. The Labute approximate surface area is 55.0 Å². The summed E-state index contributed by atoms with van der Waals surface area (Å²) in [4.78, 5) is 3.81. The van der Waals surface area contributed by atoms with E-state index in [0.29, 0.717) is 5.11 Å². The minimum atomic E-state index is 0.565. The van der Waals surface area contributed by atoms with E-state index < -0.39 is 0 Å². The molecule has 3 heteroatoms. The van der Waals surface area contributed by atoms with Crippen molar-refractivity contribution in [2.24, 2.45) is 4.99 Å². The van der Waals surface area contributed by atoms with Gasteiger partial charge in [0.05, 0.1) is 0 Å². The summed E-state index contributed by atoms with van der Waals surface area (Å²) in [7, 11) is 0. The molecule has 0 saturated carbocycles. The fraction of sp³-hybridized carbons (Fsp3) is 0.600. The van der Waals surface area contributed by atoms with Gasteiger partial charge in [-0.15, -0.1) is 0 Å².